The second kappa shape index (κ2) is 3.84. The molecule has 0 aliphatic heterocycles. The summed E-state index contributed by atoms with van der Waals surface area (Å²) >= 11 is 3.52. The lowest BCUT2D eigenvalue weighted by Crippen LogP contribution is -1.93. The van der Waals surface area contributed by atoms with Crippen LogP contribution in [0.1, 0.15) is 43.1 Å². The molecule has 2 N–H and O–H groups in total. The molecule has 0 saturated heterocycles. The Labute approximate surface area is 86.6 Å². The highest BCUT2D eigenvalue weighted by Crippen LogP contribution is 2.39. The molecule has 0 unspecified atom stereocenters. The van der Waals surface area contributed by atoms with Crippen LogP contribution in [0.15, 0.2) is 15.0 Å². The molecule has 2 rings (SSSR count). The number of hydrogen-bond acceptors (Lipinski definition) is 2. The molecule has 0 radical (unpaired) electrons. The molecule has 2 nitrogen and oxygen atoms in total. The molecule has 1 saturated carbocycles. The van der Waals surface area contributed by atoms with Crippen LogP contribution in [-0.4, -0.2) is 0 Å². The molecule has 0 bridgehead atoms. The summed E-state index contributed by atoms with van der Waals surface area (Å²) < 4.78 is 6.77. The molecular formula is C10H14BrNO. The molecule has 0 spiro atoms. The number of rotatable bonds is 2. The monoisotopic (exact) mass is 243 g/mol. The van der Waals surface area contributed by atoms with Crippen molar-refractivity contribution in [1.29, 1.82) is 0 Å². The van der Waals surface area contributed by atoms with Crippen molar-refractivity contribution in [3.63, 3.8) is 0 Å². The largest absolute Gasteiger partial charge is 0.463 e. The van der Waals surface area contributed by atoms with Gasteiger partial charge in [0.25, 0.3) is 0 Å². The molecule has 0 atom stereocenters. The second-order valence-corrected chi connectivity index (χ2v) is 4.46. The van der Waals surface area contributed by atoms with Crippen molar-refractivity contribution in [2.45, 2.75) is 38.1 Å². The molecule has 1 aromatic rings. The van der Waals surface area contributed by atoms with Crippen LogP contribution in [0.3, 0.4) is 0 Å². The van der Waals surface area contributed by atoms with Gasteiger partial charge in [-0.25, -0.2) is 0 Å². The first-order valence-electron chi connectivity index (χ1n) is 4.79. The molecule has 13 heavy (non-hydrogen) atoms. The zero-order valence-corrected chi connectivity index (χ0v) is 9.14. The van der Waals surface area contributed by atoms with Gasteiger partial charge in [0, 0.05) is 5.92 Å². The van der Waals surface area contributed by atoms with E-state index >= 15 is 0 Å². The molecule has 1 heterocycles. The predicted molar refractivity (Wildman–Crippen MR) is 55.5 cm³/mol. The summed E-state index contributed by atoms with van der Waals surface area (Å²) in [5.41, 5.74) is 5.52. The van der Waals surface area contributed by atoms with Gasteiger partial charge >= 0.3 is 0 Å². The highest BCUT2D eigenvalue weighted by Gasteiger charge is 2.23. The van der Waals surface area contributed by atoms with E-state index in [1.165, 1.54) is 25.7 Å². The molecular weight excluding hydrogens is 230 g/mol. The first kappa shape index (κ1) is 9.28. The van der Waals surface area contributed by atoms with Gasteiger partial charge in [0.2, 0.25) is 0 Å². The van der Waals surface area contributed by atoms with E-state index in [9.17, 15) is 0 Å². The first-order valence-corrected chi connectivity index (χ1v) is 5.58. The van der Waals surface area contributed by atoms with Crippen molar-refractivity contribution in [2.75, 3.05) is 0 Å². The Morgan fingerprint density at radius 3 is 2.69 bits per heavy atom. The Morgan fingerprint density at radius 2 is 2.15 bits per heavy atom. The summed E-state index contributed by atoms with van der Waals surface area (Å²) in [6.07, 6.45) is 5.18. The summed E-state index contributed by atoms with van der Waals surface area (Å²) in [6, 6.07) is 1.99. The SMILES string of the molecule is NCc1cc(Br)c(C2CCCC2)o1. The molecule has 1 fully saturated rings. The Balaban J connectivity index is 2.22. The molecule has 1 aliphatic rings. The van der Waals surface area contributed by atoms with Crippen molar-refractivity contribution in [2.24, 2.45) is 5.73 Å². The molecule has 72 valence electrons. The summed E-state index contributed by atoms with van der Waals surface area (Å²) in [5.74, 6) is 2.61. The van der Waals surface area contributed by atoms with E-state index in [1.807, 2.05) is 6.07 Å². The number of nitrogens with two attached hydrogens (primary N) is 1. The van der Waals surface area contributed by atoms with E-state index in [0.717, 1.165) is 16.0 Å². The smallest absolute Gasteiger partial charge is 0.121 e. The maximum absolute atomic E-state index is 5.68. The van der Waals surface area contributed by atoms with Crippen molar-refractivity contribution in [3.05, 3.63) is 22.1 Å². The first-order chi connectivity index (χ1) is 6.31. The molecule has 0 amide bonds. The topological polar surface area (TPSA) is 39.2 Å². The van der Waals surface area contributed by atoms with Gasteiger partial charge in [-0.1, -0.05) is 12.8 Å². The maximum atomic E-state index is 5.68. The standard InChI is InChI=1S/C10H14BrNO/c11-9-5-8(6-12)13-10(9)7-3-1-2-4-7/h5,7H,1-4,6,12H2. The average molecular weight is 244 g/mol. The fourth-order valence-electron chi connectivity index (χ4n) is 2.00. The summed E-state index contributed by atoms with van der Waals surface area (Å²) in [4.78, 5) is 0. The zero-order chi connectivity index (χ0) is 9.26. The van der Waals surface area contributed by atoms with Crippen molar-refractivity contribution < 1.29 is 4.42 Å². The Morgan fingerprint density at radius 1 is 1.46 bits per heavy atom. The number of hydrogen-bond donors (Lipinski definition) is 1. The quantitative estimate of drug-likeness (QED) is 0.867. The van der Waals surface area contributed by atoms with Gasteiger partial charge in [-0.05, 0) is 34.8 Å². The third kappa shape index (κ3) is 1.81. The van der Waals surface area contributed by atoms with Gasteiger partial charge in [0.1, 0.15) is 11.5 Å². The van der Waals surface area contributed by atoms with Crippen LogP contribution in [-0.2, 0) is 6.54 Å². The zero-order valence-electron chi connectivity index (χ0n) is 7.55. The van der Waals surface area contributed by atoms with Crippen LogP contribution < -0.4 is 5.73 Å². The van der Waals surface area contributed by atoms with Gasteiger partial charge in [0.05, 0.1) is 11.0 Å². The Kier molecular flexibility index (Phi) is 2.74. The van der Waals surface area contributed by atoms with E-state index in [4.69, 9.17) is 10.2 Å². The fourth-order valence-corrected chi connectivity index (χ4v) is 2.66. The van der Waals surface area contributed by atoms with Gasteiger partial charge in [0.15, 0.2) is 0 Å². The third-order valence-corrected chi connectivity index (χ3v) is 3.31. The fraction of sp³-hybridized carbons (Fsp3) is 0.600. The van der Waals surface area contributed by atoms with E-state index in [2.05, 4.69) is 15.9 Å². The molecule has 0 aromatic carbocycles. The Hall–Kier alpha value is -0.280. The normalized spacial score (nSPS) is 18.3. The van der Waals surface area contributed by atoms with Crippen molar-refractivity contribution >= 4 is 15.9 Å². The highest BCUT2D eigenvalue weighted by molar-refractivity contribution is 9.10. The highest BCUT2D eigenvalue weighted by atomic mass is 79.9. The Bertz CT molecular complexity index is 289. The van der Waals surface area contributed by atoms with E-state index in [-0.39, 0.29) is 0 Å². The van der Waals surface area contributed by atoms with E-state index in [0.29, 0.717) is 12.5 Å². The predicted octanol–water partition coefficient (Wildman–Crippen LogP) is 3.16. The summed E-state index contributed by atoms with van der Waals surface area (Å²) in [6.45, 7) is 0.491. The van der Waals surface area contributed by atoms with Crippen LogP contribution in [0.2, 0.25) is 0 Å². The van der Waals surface area contributed by atoms with Gasteiger partial charge in [-0.2, -0.15) is 0 Å². The summed E-state index contributed by atoms with van der Waals surface area (Å²) in [5, 5.41) is 0. The number of halogens is 1. The summed E-state index contributed by atoms with van der Waals surface area (Å²) in [7, 11) is 0. The van der Waals surface area contributed by atoms with Gasteiger partial charge < -0.3 is 10.2 Å². The van der Waals surface area contributed by atoms with Crippen LogP contribution in [0.25, 0.3) is 0 Å². The molecule has 3 heteroatoms. The third-order valence-electron chi connectivity index (χ3n) is 2.69. The van der Waals surface area contributed by atoms with Gasteiger partial charge in [-0.15, -0.1) is 0 Å². The lowest BCUT2D eigenvalue weighted by molar-refractivity contribution is 0.430. The van der Waals surface area contributed by atoms with E-state index < -0.39 is 0 Å². The maximum Gasteiger partial charge on any atom is 0.121 e. The van der Waals surface area contributed by atoms with Crippen molar-refractivity contribution in [3.8, 4) is 0 Å². The van der Waals surface area contributed by atoms with Crippen LogP contribution in [0.5, 0.6) is 0 Å². The lowest BCUT2D eigenvalue weighted by atomic mass is 10.1. The van der Waals surface area contributed by atoms with Gasteiger partial charge in [-0.3, -0.25) is 0 Å². The van der Waals surface area contributed by atoms with Crippen LogP contribution in [0.4, 0.5) is 0 Å². The molecule has 1 aromatic heterocycles. The number of furan rings is 1. The minimum absolute atomic E-state index is 0.491. The second-order valence-electron chi connectivity index (χ2n) is 3.61. The lowest BCUT2D eigenvalue weighted by Gasteiger charge is -2.04. The van der Waals surface area contributed by atoms with Crippen LogP contribution >= 0.6 is 15.9 Å². The van der Waals surface area contributed by atoms with Crippen molar-refractivity contribution in [1.82, 2.24) is 0 Å². The van der Waals surface area contributed by atoms with Crippen LogP contribution in [0, 0.1) is 0 Å². The average Bonchev–Trinajstić information content (AvgIpc) is 2.72. The minimum atomic E-state index is 0.491. The minimum Gasteiger partial charge on any atom is -0.463 e. The van der Waals surface area contributed by atoms with E-state index in [1.54, 1.807) is 0 Å². The molecule has 1 aliphatic carbocycles.